The molecule has 0 aliphatic carbocycles. The first kappa shape index (κ1) is 15.1. The molecule has 0 fully saturated rings. The summed E-state index contributed by atoms with van der Waals surface area (Å²) in [4.78, 5) is -0.0778. The van der Waals surface area contributed by atoms with Crippen molar-refractivity contribution >= 4 is 31.3 Å². The molecule has 20 heavy (non-hydrogen) atoms. The molecule has 0 amide bonds. The van der Waals surface area contributed by atoms with Gasteiger partial charge < -0.3 is 9.30 Å². The van der Waals surface area contributed by atoms with Crippen LogP contribution in [0.4, 0.5) is 0 Å². The van der Waals surface area contributed by atoms with E-state index >= 15 is 0 Å². The van der Waals surface area contributed by atoms with Gasteiger partial charge in [0.2, 0.25) is 0 Å². The van der Waals surface area contributed by atoms with E-state index in [2.05, 4.69) is 10.2 Å². The molecule has 0 bridgehead atoms. The molecule has 0 saturated heterocycles. The van der Waals surface area contributed by atoms with Gasteiger partial charge in [0.05, 0.1) is 9.92 Å². The number of hydrogen-bond acceptors (Lipinski definition) is 5. The number of halogens is 2. The minimum absolute atomic E-state index is 0.0778. The lowest BCUT2D eigenvalue weighted by Gasteiger charge is -2.08. The maximum Gasteiger partial charge on any atom is 0.261 e. The van der Waals surface area contributed by atoms with E-state index in [4.69, 9.17) is 27.0 Å². The first-order valence-electron chi connectivity index (χ1n) is 5.51. The van der Waals surface area contributed by atoms with Crippen molar-refractivity contribution in [1.29, 1.82) is 0 Å². The summed E-state index contributed by atoms with van der Waals surface area (Å²) < 4.78 is 29.6. The number of nitrogens with zero attached hydrogens (tertiary/aromatic N) is 3. The Kier molecular flexibility index (Phi) is 4.22. The van der Waals surface area contributed by atoms with Gasteiger partial charge in [-0.05, 0) is 25.1 Å². The molecule has 2 aromatic rings. The van der Waals surface area contributed by atoms with Gasteiger partial charge >= 0.3 is 0 Å². The Morgan fingerprint density at radius 2 is 2.05 bits per heavy atom. The van der Waals surface area contributed by atoms with Crippen molar-refractivity contribution in [3.8, 4) is 5.75 Å². The Hall–Kier alpha value is -1.31. The van der Waals surface area contributed by atoms with Crippen molar-refractivity contribution in [2.75, 3.05) is 0 Å². The predicted molar refractivity (Wildman–Crippen MR) is 74.6 cm³/mol. The monoisotopic (exact) mass is 335 g/mol. The first-order valence-corrected chi connectivity index (χ1v) is 8.19. The minimum atomic E-state index is -3.81. The van der Waals surface area contributed by atoms with Gasteiger partial charge in [-0.15, -0.1) is 10.2 Å². The minimum Gasteiger partial charge on any atom is -0.484 e. The van der Waals surface area contributed by atoms with Crippen LogP contribution in [-0.4, -0.2) is 23.2 Å². The third kappa shape index (κ3) is 3.23. The lowest BCUT2D eigenvalue weighted by atomic mass is 10.3. The van der Waals surface area contributed by atoms with Gasteiger partial charge in [0.25, 0.3) is 9.05 Å². The summed E-state index contributed by atoms with van der Waals surface area (Å²) in [5.74, 6) is 1.74. The SMILES string of the molecule is Cc1nnc(COc2ccc(S(=O)(=O)Cl)cc2Cl)n1C. The molecule has 0 N–H and O–H groups in total. The number of ether oxygens (including phenoxy) is 1. The molecular formula is C11H11Cl2N3O3S. The van der Waals surface area contributed by atoms with Crippen LogP contribution in [0.2, 0.25) is 5.02 Å². The highest BCUT2D eigenvalue weighted by atomic mass is 35.7. The second kappa shape index (κ2) is 5.59. The molecule has 1 heterocycles. The normalized spacial score (nSPS) is 11.6. The van der Waals surface area contributed by atoms with Crippen LogP contribution in [0.1, 0.15) is 11.6 Å². The van der Waals surface area contributed by atoms with Crippen LogP contribution < -0.4 is 4.74 Å². The second-order valence-corrected chi connectivity index (χ2v) is 7.01. The second-order valence-electron chi connectivity index (χ2n) is 4.04. The maximum atomic E-state index is 11.2. The molecule has 108 valence electrons. The third-order valence-corrected chi connectivity index (χ3v) is 4.37. The Bertz CT molecular complexity index is 743. The van der Waals surface area contributed by atoms with E-state index in [0.717, 1.165) is 5.82 Å². The zero-order chi connectivity index (χ0) is 14.9. The van der Waals surface area contributed by atoms with Crippen LogP contribution in [-0.2, 0) is 22.7 Å². The number of rotatable bonds is 4. The highest BCUT2D eigenvalue weighted by Crippen LogP contribution is 2.29. The number of aryl methyl sites for hydroxylation is 1. The van der Waals surface area contributed by atoms with Crippen molar-refractivity contribution in [3.05, 3.63) is 34.9 Å². The van der Waals surface area contributed by atoms with E-state index in [1.807, 2.05) is 14.0 Å². The molecular weight excluding hydrogens is 325 g/mol. The molecule has 0 aliphatic heterocycles. The molecule has 0 unspecified atom stereocenters. The van der Waals surface area contributed by atoms with Crippen molar-refractivity contribution in [2.24, 2.45) is 7.05 Å². The summed E-state index contributed by atoms with van der Waals surface area (Å²) >= 11 is 5.96. The van der Waals surface area contributed by atoms with Crippen LogP contribution in [0.25, 0.3) is 0 Å². The topological polar surface area (TPSA) is 74.1 Å². The number of aromatic nitrogens is 3. The number of hydrogen-bond donors (Lipinski definition) is 0. The fraction of sp³-hybridized carbons (Fsp3) is 0.273. The zero-order valence-corrected chi connectivity index (χ0v) is 13.0. The lowest BCUT2D eigenvalue weighted by Crippen LogP contribution is -2.05. The van der Waals surface area contributed by atoms with Crippen LogP contribution >= 0.6 is 22.3 Å². The van der Waals surface area contributed by atoms with E-state index in [0.29, 0.717) is 11.6 Å². The smallest absolute Gasteiger partial charge is 0.261 e. The quantitative estimate of drug-likeness (QED) is 0.801. The van der Waals surface area contributed by atoms with Gasteiger partial charge in [0, 0.05) is 17.7 Å². The first-order chi connectivity index (χ1) is 9.29. The van der Waals surface area contributed by atoms with Gasteiger partial charge in [-0.1, -0.05) is 11.6 Å². The highest BCUT2D eigenvalue weighted by molar-refractivity contribution is 8.13. The van der Waals surface area contributed by atoms with Crippen LogP contribution in [0.5, 0.6) is 5.75 Å². The third-order valence-electron chi connectivity index (χ3n) is 2.72. The predicted octanol–water partition coefficient (Wildman–Crippen LogP) is 2.28. The van der Waals surface area contributed by atoms with Crippen molar-refractivity contribution in [1.82, 2.24) is 14.8 Å². The average Bonchev–Trinajstić information content (AvgIpc) is 2.67. The van der Waals surface area contributed by atoms with E-state index < -0.39 is 9.05 Å². The van der Waals surface area contributed by atoms with Gasteiger partial charge in [-0.3, -0.25) is 0 Å². The molecule has 9 heteroatoms. The fourth-order valence-electron chi connectivity index (χ4n) is 1.47. The maximum absolute atomic E-state index is 11.2. The Balaban J connectivity index is 2.17. The van der Waals surface area contributed by atoms with Crippen molar-refractivity contribution in [2.45, 2.75) is 18.4 Å². The summed E-state index contributed by atoms with van der Waals surface area (Å²) in [6.45, 7) is 1.99. The number of benzene rings is 1. The Morgan fingerprint density at radius 1 is 1.35 bits per heavy atom. The Labute approximate surface area is 125 Å². The molecule has 0 spiro atoms. The largest absolute Gasteiger partial charge is 0.484 e. The van der Waals surface area contributed by atoms with Crippen molar-refractivity contribution < 1.29 is 13.2 Å². The molecule has 6 nitrogen and oxygen atoms in total. The average molecular weight is 336 g/mol. The van der Waals surface area contributed by atoms with E-state index in [-0.39, 0.29) is 16.5 Å². The lowest BCUT2D eigenvalue weighted by molar-refractivity contribution is 0.291. The van der Waals surface area contributed by atoms with E-state index in [9.17, 15) is 8.42 Å². The summed E-state index contributed by atoms with van der Waals surface area (Å²) in [5, 5.41) is 8.00. The van der Waals surface area contributed by atoms with Gasteiger partial charge in [-0.25, -0.2) is 8.42 Å². The summed E-state index contributed by atoms with van der Waals surface area (Å²) in [6, 6.07) is 4.01. The summed E-state index contributed by atoms with van der Waals surface area (Å²) in [5.41, 5.74) is 0. The van der Waals surface area contributed by atoms with E-state index in [1.165, 1.54) is 18.2 Å². The molecule has 1 aromatic heterocycles. The standard InChI is InChI=1S/C11H11Cl2N3O3S/c1-7-14-15-11(16(7)2)6-19-10-4-3-8(5-9(10)12)20(13,17)18/h3-5H,6H2,1-2H3. The highest BCUT2D eigenvalue weighted by Gasteiger charge is 2.13. The molecule has 0 atom stereocenters. The van der Waals surface area contributed by atoms with Gasteiger partial charge in [0.1, 0.15) is 18.2 Å². The molecule has 0 radical (unpaired) electrons. The van der Waals surface area contributed by atoms with Crippen LogP contribution in [0, 0.1) is 6.92 Å². The van der Waals surface area contributed by atoms with Crippen molar-refractivity contribution in [3.63, 3.8) is 0 Å². The molecule has 1 aromatic carbocycles. The van der Waals surface area contributed by atoms with Gasteiger partial charge in [0.15, 0.2) is 5.82 Å². The Morgan fingerprint density at radius 3 is 2.55 bits per heavy atom. The van der Waals surface area contributed by atoms with Gasteiger partial charge in [-0.2, -0.15) is 0 Å². The zero-order valence-electron chi connectivity index (χ0n) is 10.7. The molecule has 0 saturated carbocycles. The van der Waals surface area contributed by atoms with Crippen LogP contribution in [0.15, 0.2) is 23.1 Å². The fourth-order valence-corrected chi connectivity index (χ4v) is 2.55. The summed E-state index contributed by atoms with van der Waals surface area (Å²) in [6.07, 6.45) is 0. The van der Waals surface area contributed by atoms with E-state index in [1.54, 1.807) is 4.57 Å². The summed E-state index contributed by atoms with van der Waals surface area (Å²) in [7, 11) is 3.24. The van der Waals surface area contributed by atoms with Crippen LogP contribution in [0.3, 0.4) is 0 Å². The molecule has 2 rings (SSSR count). The molecule has 0 aliphatic rings.